The van der Waals surface area contributed by atoms with Gasteiger partial charge in [-0.3, -0.25) is 4.79 Å². The van der Waals surface area contributed by atoms with Gasteiger partial charge in [-0.1, -0.05) is 56.3 Å². The third-order valence-electron chi connectivity index (χ3n) is 4.81. The standard InChI is InChI=1S/C22H29NO4S/c1-5-17(3)23(22(24)21(6-2)19-12-8-7-9-13-19)16-18-11-10-14-20(15-18)27-28(4,25)26/h7-15,17,21H,5-6,16H2,1-4H3. The lowest BCUT2D eigenvalue weighted by Crippen LogP contribution is -2.40. The molecule has 2 atom stereocenters. The third-order valence-corrected chi connectivity index (χ3v) is 5.31. The normalized spacial score (nSPS) is 13.6. The van der Waals surface area contributed by atoms with Crippen LogP contribution in [0.25, 0.3) is 0 Å². The van der Waals surface area contributed by atoms with E-state index in [2.05, 4.69) is 6.92 Å². The van der Waals surface area contributed by atoms with E-state index in [-0.39, 0.29) is 23.6 Å². The summed E-state index contributed by atoms with van der Waals surface area (Å²) < 4.78 is 27.8. The summed E-state index contributed by atoms with van der Waals surface area (Å²) in [7, 11) is -3.59. The van der Waals surface area contributed by atoms with Crippen LogP contribution in [0.15, 0.2) is 54.6 Å². The molecule has 0 saturated carbocycles. The molecule has 0 aliphatic carbocycles. The second-order valence-electron chi connectivity index (χ2n) is 7.03. The smallest absolute Gasteiger partial charge is 0.306 e. The molecule has 2 unspecified atom stereocenters. The van der Waals surface area contributed by atoms with Crippen LogP contribution < -0.4 is 4.18 Å². The Bertz CT molecular complexity index is 880. The molecule has 2 rings (SSSR count). The predicted molar refractivity (Wildman–Crippen MR) is 112 cm³/mol. The zero-order valence-electron chi connectivity index (χ0n) is 17.0. The Balaban J connectivity index is 2.29. The van der Waals surface area contributed by atoms with Crippen molar-refractivity contribution in [2.75, 3.05) is 6.26 Å². The van der Waals surface area contributed by atoms with Gasteiger partial charge in [0.1, 0.15) is 5.75 Å². The van der Waals surface area contributed by atoms with Crippen LogP contribution in [0.2, 0.25) is 0 Å². The van der Waals surface area contributed by atoms with Crippen molar-refractivity contribution in [3.8, 4) is 5.75 Å². The molecular formula is C22H29NO4S. The van der Waals surface area contributed by atoms with E-state index in [1.807, 2.05) is 55.1 Å². The molecular weight excluding hydrogens is 374 g/mol. The van der Waals surface area contributed by atoms with Crippen molar-refractivity contribution < 1.29 is 17.4 Å². The van der Waals surface area contributed by atoms with E-state index < -0.39 is 10.1 Å². The van der Waals surface area contributed by atoms with Crippen LogP contribution in [0.3, 0.4) is 0 Å². The molecule has 0 aliphatic heterocycles. The van der Waals surface area contributed by atoms with E-state index in [9.17, 15) is 13.2 Å². The monoisotopic (exact) mass is 403 g/mol. The predicted octanol–water partition coefficient (Wildman–Crippen LogP) is 4.35. The molecule has 0 N–H and O–H groups in total. The summed E-state index contributed by atoms with van der Waals surface area (Å²) in [4.78, 5) is 15.3. The highest BCUT2D eigenvalue weighted by atomic mass is 32.2. The highest BCUT2D eigenvalue weighted by Crippen LogP contribution is 2.26. The first-order valence-corrected chi connectivity index (χ1v) is 11.4. The molecule has 6 heteroatoms. The fourth-order valence-electron chi connectivity index (χ4n) is 3.18. The Labute approximate surface area is 168 Å². The maximum Gasteiger partial charge on any atom is 0.306 e. The fourth-order valence-corrected chi connectivity index (χ4v) is 3.63. The van der Waals surface area contributed by atoms with E-state index in [1.54, 1.807) is 18.2 Å². The van der Waals surface area contributed by atoms with Gasteiger partial charge in [0.15, 0.2) is 0 Å². The summed E-state index contributed by atoms with van der Waals surface area (Å²) in [5.74, 6) is 0.134. The second-order valence-corrected chi connectivity index (χ2v) is 8.60. The van der Waals surface area contributed by atoms with Gasteiger partial charge in [0.05, 0.1) is 12.2 Å². The molecule has 0 aliphatic rings. The lowest BCUT2D eigenvalue weighted by molar-refractivity contribution is -0.135. The van der Waals surface area contributed by atoms with Gasteiger partial charge in [0.25, 0.3) is 0 Å². The van der Waals surface area contributed by atoms with E-state index in [0.717, 1.165) is 23.8 Å². The molecule has 152 valence electrons. The number of nitrogens with zero attached hydrogens (tertiary/aromatic N) is 1. The van der Waals surface area contributed by atoms with Gasteiger partial charge in [0.2, 0.25) is 5.91 Å². The number of carbonyl (C=O) groups excluding carboxylic acids is 1. The molecule has 0 radical (unpaired) electrons. The number of rotatable bonds is 9. The van der Waals surface area contributed by atoms with E-state index in [1.165, 1.54) is 0 Å². The van der Waals surface area contributed by atoms with E-state index in [0.29, 0.717) is 13.0 Å². The Morgan fingerprint density at radius 1 is 1.04 bits per heavy atom. The molecule has 0 bridgehead atoms. The second kappa shape index (κ2) is 9.73. The minimum atomic E-state index is -3.59. The number of hydrogen-bond donors (Lipinski definition) is 0. The average molecular weight is 404 g/mol. The number of benzene rings is 2. The minimum absolute atomic E-state index is 0.0599. The molecule has 0 fully saturated rings. The van der Waals surface area contributed by atoms with Crippen molar-refractivity contribution >= 4 is 16.0 Å². The number of carbonyl (C=O) groups is 1. The van der Waals surface area contributed by atoms with Crippen LogP contribution in [0, 0.1) is 0 Å². The lowest BCUT2D eigenvalue weighted by atomic mass is 9.94. The third kappa shape index (κ3) is 6.09. The van der Waals surface area contributed by atoms with Gasteiger partial charge in [-0.25, -0.2) is 0 Å². The molecule has 2 aromatic rings. The largest absolute Gasteiger partial charge is 0.383 e. The maximum atomic E-state index is 13.4. The van der Waals surface area contributed by atoms with Gasteiger partial charge >= 0.3 is 10.1 Å². The van der Waals surface area contributed by atoms with E-state index >= 15 is 0 Å². The summed E-state index contributed by atoms with van der Waals surface area (Å²) >= 11 is 0. The highest BCUT2D eigenvalue weighted by molar-refractivity contribution is 7.86. The first-order chi connectivity index (χ1) is 13.2. The van der Waals surface area contributed by atoms with Crippen molar-refractivity contribution in [3.05, 3.63) is 65.7 Å². The van der Waals surface area contributed by atoms with Gasteiger partial charge < -0.3 is 9.08 Å². The van der Waals surface area contributed by atoms with Crippen molar-refractivity contribution in [2.45, 2.75) is 52.1 Å². The van der Waals surface area contributed by atoms with Crippen LogP contribution in [0.1, 0.15) is 50.7 Å². The molecule has 1 amide bonds. The number of amides is 1. The first kappa shape index (κ1) is 22.0. The molecule has 0 heterocycles. The van der Waals surface area contributed by atoms with Crippen molar-refractivity contribution in [1.82, 2.24) is 4.90 Å². The quantitative estimate of drug-likeness (QED) is 0.584. The summed E-state index contributed by atoms with van der Waals surface area (Å²) in [6.45, 7) is 6.51. The van der Waals surface area contributed by atoms with Crippen molar-refractivity contribution in [2.24, 2.45) is 0 Å². The van der Waals surface area contributed by atoms with Gasteiger partial charge in [-0.05, 0) is 43.0 Å². The fraction of sp³-hybridized carbons (Fsp3) is 0.409. The summed E-state index contributed by atoms with van der Waals surface area (Å²) in [5, 5.41) is 0. The van der Waals surface area contributed by atoms with Gasteiger partial charge in [0, 0.05) is 12.6 Å². The Morgan fingerprint density at radius 3 is 2.29 bits per heavy atom. The van der Waals surface area contributed by atoms with Gasteiger partial charge in [-0.15, -0.1) is 0 Å². The summed E-state index contributed by atoms with van der Waals surface area (Å²) in [6.07, 6.45) is 2.56. The number of hydrogen-bond acceptors (Lipinski definition) is 4. The van der Waals surface area contributed by atoms with Crippen LogP contribution in [-0.4, -0.2) is 31.5 Å². The first-order valence-electron chi connectivity index (χ1n) is 9.59. The SMILES string of the molecule is CCC(C(=O)N(Cc1cccc(OS(C)(=O)=O)c1)C(C)CC)c1ccccc1. The average Bonchev–Trinajstić information content (AvgIpc) is 2.66. The maximum absolute atomic E-state index is 13.4. The van der Waals surface area contributed by atoms with Crippen LogP contribution in [0.4, 0.5) is 0 Å². The van der Waals surface area contributed by atoms with Crippen LogP contribution in [0.5, 0.6) is 5.75 Å². The van der Waals surface area contributed by atoms with Crippen molar-refractivity contribution in [3.63, 3.8) is 0 Å². The Hall–Kier alpha value is -2.34. The van der Waals surface area contributed by atoms with E-state index in [4.69, 9.17) is 4.18 Å². The topological polar surface area (TPSA) is 63.7 Å². The highest BCUT2D eigenvalue weighted by Gasteiger charge is 2.27. The van der Waals surface area contributed by atoms with Crippen molar-refractivity contribution in [1.29, 1.82) is 0 Å². The van der Waals surface area contributed by atoms with Gasteiger partial charge in [-0.2, -0.15) is 8.42 Å². The lowest BCUT2D eigenvalue weighted by Gasteiger charge is -2.32. The molecule has 2 aromatic carbocycles. The molecule has 5 nitrogen and oxygen atoms in total. The Morgan fingerprint density at radius 2 is 1.71 bits per heavy atom. The molecule has 28 heavy (non-hydrogen) atoms. The zero-order chi connectivity index (χ0) is 20.7. The summed E-state index contributed by atoms with van der Waals surface area (Å²) in [5.41, 5.74) is 1.84. The summed E-state index contributed by atoms with van der Waals surface area (Å²) in [6, 6.07) is 16.8. The molecule has 0 saturated heterocycles. The zero-order valence-corrected chi connectivity index (χ0v) is 17.8. The Kier molecular flexibility index (Phi) is 7.63. The van der Waals surface area contributed by atoms with Crippen LogP contribution in [-0.2, 0) is 21.5 Å². The molecule has 0 aromatic heterocycles. The van der Waals surface area contributed by atoms with Crippen LogP contribution >= 0.6 is 0 Å². The molecule has 0 spiro atoms. The minimum Gasteiger partial charge on any atom is -0.383 e.